The minimum absolute atomic E-state index is 0.193. The Labute approximate surface area is 128 Å². The molecule has 0 radical (unpaired) electrons. The highest BCUT2D eigenvalue weighted by Crippen LogP contribution is 2.25. The molecule has 1 unspecified atom stereocenters. The molecule has 1 atom stereocenters. The highest BCUT2D eigenvalue weighted by molar-refractivity contribution is 5.49. The van der Waals surface area contributed by atoms with Gasteiger partial charge in [-0.3, -0.25) is 4.98 Å². The number of hydrogen-bond acceptors (Lipinski definition) is 3. The molecule has 3 nitrogen and oxygen atoms in total. The van der Waals surface area contributed by atoms with Crippen molar-refractivity contribution < 1.29 is 0 Å². The van der Waals surface area contributed by atoms with Crippen molar-refractivity contribution in [3.63, 3.8) is 0 Å². The van der Waals surface area contributed by atoms with Gasteiger partial charge in [-0.15, -0.1) is 0 Å². The van der Waals surface area contributed by atoms with E-state index in [1.165, 1.54) is 16.8 Å². The predicted molar refractivity (Wildman–Crippen MR) is 89.9 cm³/mol. The molecule has 0 amide bonds. The summed E-state index contributed by atoms with van der Waals surface area (Å²) in [6, 6.07) is 13.1. The zero-order chi connectivity index (χ0) is 15.2. The van der Waals surface area contributed by atoms with Crippen LogP contribution in [0.2, 0.25) is 0 Å². The zero-order valence-electron chi connectivity index (χ0n) is 13.4. The van der Waals surface area contributed by atoms with Crippen LogP contribution in [0.15, 0.2) is 42.6 Å². The number of aromatic nitrogens is 1. The van der Waals surface area contributed by atoms with E-state index in [-0.39, 0.29) is 6.04 Å². The summed E-state index contributed by atoms with van der Waals surface area (Å²) in [5, 5.41) is 3.63. The van der Waals surface area contributed by atoms with Crippen LogP contribution in [0.3, 0.4) is 0 Å². The number of nitrogens with zero attached hydrogens (tertiary/aromatic N) is 2. The number of hydrogen-bond donors (Lipinski definition) is 1. The number of anilines is 1. The Morgan fingerprint density at radius 1 is 1.14 bits per heavy atom. The molecule has 1 aromatic heterocycles. The van der Waals surface area contributed by atoms with Gasteiger partial charge in [0.25, 0.3) is 0 Å². The van der Waals surface area contributed by atoms with Crippen molar-refractivity contribution in [1.29, 1.82) is 0 Å². The van der Waals surface area contributed by atoms with Crippen molar-refractivity contribution in [3.8, 4) is 0 Å². The Kier molecular flexibility index (Phi) is 5.34. The van der Waals surface area contributed by atoms with Crippen LogP contribution in [-0.4, -0.2) is 25.6 Å². The third-order valence-electron chi connectivity index (χ3n) is 3.59. The van der Waals surface area contributed by atoms with E-state index in [4.69, 9.17) is 0 Å². The highest BCUT2D eigenvalue weighted by atomic mass is 15.1. The van der Waals surface area contributed by atoms with Gasteiger partial charge in [-0.1, -0.05) is 25.1 Å². The molecule has 0 aliphatic heterocycles. The van der Waals surface area contributed by atoms with Gasteiger partial charge in [-0.25, -0.2) is 0 Å². The Morgan fingerprint density at radius 2 is 1.95 bits per heavy atom. The van der Waals surface area contributed by atoms with Gasteiger partial charge < -0.3 is 10.2 Å². The topological polar surface area (TPSA) is 28.2 Å². The first-order valence-corrected chi connectivity index (χ1v) is 7.55. The van der Waals surface area contributed by atoms with Crippen molar-refractivity contribution in [3.05, 3.63) is 59.4 Å². The van der Waals surface area contributed by atoms with Gasteiger partial charge in [-0.05, 0) is 49.2 Å². The summed E-state index contributed by atoms with van der Waals surface area (Å²) in [6.07, 6.45) is 3.09. The van der Waals surface area contributed by atoms with Crippen LogP contribution in [0, 0.1) is 6.92 Å². The van der Waals surface area contributed by atoms with E-state index in [0.717, 1.165) is 18.7 Å². The minimum atomic E-state index is 0.193. The van der Waals surface area contributed by atoms with Crippen LogP contribution in [0.25, 0.3) is 0 Å². The number of pyridine rings is 1. The molecule has 0 fully saturated rings. The van der Waals surface area contributed by atoms with Crippen LogP contribution < -0.4 is 10.2 Å². The largest absolute Gasteiger partial charge is 0.378 e. The maximum Gasteiger partial charge on any atom is 0.0592 e. The second-order valence-electron chi connectivity index (χ2n) is 5.61. The first kappa shape index (κ1) is 15.5. The SMILES string of the molecule is CCCNC(c1ccc(C)nc1)c1cccc(N(C)C)c1. The molecule has 1 aromatic carbocycles. The molecule has 112 valence electrons. The maximum atomic E-state index is 4.44. The van der Waals surface area contributed by atoms with Gasteiger partial charge in [0.05, 0.1) is 6.04 Å². The fraction of sp³-hybridized carbons (Fsp3) is 0.389. The van der Waals surface area contributed by atoms with E-state index in [2.05, 4.69) is 72.6 Å². The fourth-order valence-electron chi connectivity index (χ4n) is 2.35. The molecule has 21 heavy (non-hydrogen) atoms. The molecule has 1 heterocycles. The standard InChI is InChI=1S/C18H25N3/c1-5-11-19-18(16-10-9-14(2)20-13-16)15-7-6-8-17(12-15)21(3)4/h6-10,12-13,18-19H,5,11H2,1-4H3. The quantitative estimate of drug-likeness (QED) is 0.879. The molecule has 0 saturated carbocycles. The van der Waals surface area contributed by atoms with Gasteiger partial charge in [0, 0.05) is 31.7 Å². The van der Waals surface area contributed by atoms with Crippen molar-refractivity contribution in [2.45, 2.75) is 26.3 Å². The average molecular weight is 283 g/mol. The summed E-state index contributed by atoms with van der Waals surface area (Å²) < 4.78 is 0. The van der Waals surface area contributed by atoms with Crippen LogP contribution in [-0.2, 0) is 0 Å². The van der Waals surface area contributed by atoms with Crippen LogP contribution in [0.1, 0.15) is 36.2 Å². The Hall–Kier alpha value is -1.87. The lowest BCUT2D eigenvalue weighted by molar-refractivity contribution is 0.597. The maximum absolute atomic E-state index is 4.44. The lowest BCUT2D eigenvalue weighted by Crippen LogP contribution is -2.23. The molecule has 0 aliphatic carbocycles. The molecular weight excluding hydrogens is 258 g/mol. The number of nitrogens with one attached hydrogen (secondary N) is 1. The van der Waals surface area contributed by atoms with Crippen LogP contribution in [0.5, 0.6) is 0 Å². The molecule has 0 saturated heterocycles. The number of aryl methyl sites for hydroxylation is 1. The Morgan fingerprint density at radius 3 is 2.57 bits per heavy atom. The molecule has 0 spiro atoms. The number of rotatable bonds is 6. The van der Waals surface area contributed by atoms with Crippen molar-refractivity contribution in [2.24, 2.45) is 0 Å². The monoisotopic (exact) mass is 283 g/mol. The van der Waals surface area contributed by atoms with Gasteiger partial charge >= 0.3 is 0 Å². The molecular formula is C18H25N3. The summed E-state index contributed by atoms with van der Waals surface area (Å²) >= 11 is 0. The molecule has 0 bridgehead atoms. The lowest BCUT2D eigenvalue weighted by Gasteiger charge is -2.21. The summed E-state index contributed by atoms with van der Waals surface area (Å²) in [6.45, 7) is 5.20. The second kappa shape index (κ2) is 7.23. The average Bonchev–Trinajstić information content (AvgIpc) is 2.49. The third-order valence-corrected chi connectivity index (χ3v) is 3.59. The third kappa shape index (κ3) is 4.05. The van der Waals surface area contributed by atoms with E-state index in [9.17, 15) is 0 Å². The first-order chi connectivity index (χ1) is 10.1. The zero-order valence-corrected chi connectivity index (χ0v) is 13.4. The van der Waals surface area contributed by atoms with E-state index in [0.29, 0.717) is 0 Å². The van der Waals surface area contributed by atoms with E-state index in [1.807, 2.05) is 13.1 Å². The van der Waals surface area contributed by atoms with Gasteiger partial charge in [0.2, 0.25) is 0 Å². The van der Waals surface area contributed by atoms with Gasteiger partial charge in [-0.2, -0.15) is 0 Å². The molecule has 2 aromatic rings. The fourth-order valence-corrected chi connectivity index (χ4v) is 2.35. The van der Waals surface area contributed by atoms with Crippen LogP contribution in [0.4, 0.5) is 5.69 Å². The van der Waals surface area contributed by atoms with Gasteiger partial charge in [0.1, 0.15) is 0 Å². The highest BCUT2D eigenvalue weighted by Gasteiger charge is 2.14. The molecule has 2 rings (SSSR count). The molecule has 3 heteroatoms. The summed E-state index contributed by atoms with van der Waals surface area (Å²) in [7, 11) is 4.14. The summed E-state index contributed by atoms with van der Waals surface area (Å²) in [5.74, 6) is 0. The molecule has 1 N–H and O–H groups in total. The van der Waals surface area contributed by atoms with Crippen molar-refractivity contribution in [2.75, 3.05) is 25.5 Å². The van der Waals surface area contributed by atoms with E-state index < -0.39 is 0 Å². The van der Waals surface area contributed by atoms with E-state index in [1.54, 1.807) is 0 Å². The second-order valence-corrected chi connectivity index (χ2v) is 5.61. The smallest absolute Gasteiger partial charge is 0.0592 e. The van der Waals surface area contributed by atoms with Gasteiger partial charge in [0.15, 0.2) is 0 Å². The normalized spacial score (nSPS) is 12.2. The summed E-state index contributed by atoms with van der Waals surface area (Å²) in [4.78, 5) is 6.57. The first-order valence-electron chi connectivity index (χ1n) is 7.55. The van der Waals surface area contributed by atoms with E-state index >= 15 is 0 Å². The Bertz CT molecular complexity index is 561. The van der Waals surface area contributed by atoms with Crippen molar-refractivity contribution >= 4 is 5.69 Å². The molecule has 0 aliphatic rings. The Balaban J connectivity index is 2.35. The van der Waals surface area contributed by atoms with Crippen molar-refractivity contribution in [1.82, 2.24) is 10.3 Å². The lowest BCUT2D eigenvalue weighted by atomic mass is 9.99. The van der Waals surface area contributed by atoms with Crippen LogP contribution >= 0.6 is 0 Å². The minimum Gasteiger partial charge on any atom is -0.378 e. The predicted octanol–water partition coefficient (Wildman–Crippen LogP) is 3.55. The summed E-state index contributed by atoms with van der Waals surface area (Å²) in [5.41, 5.74) is 4.76. The number of benzene rings is 1.